The van der Waals surface area contributed by atoms with Gasteiger partial charge in [0.25, 0.3) is 5.91 Å². The van der Waals surface area contributed by atoms with Gasteiger partial charge in [0.05, 0.1) is 54.4 Å². The first-order valence-corrected chi connectivity index (χ1v) is 13.3. The fraction of sp³-hybridized carbons (Fsp3) is 0.300. The van der Waals surface area contributed by atoms with Crippen molar-refractivity contribution >= 4 is 28.7 Å². The summed E-state index contributed by atoms with van der Waals surface area (Å²) < 4.78 is 46.1. The lowest BCUT2D eigenvalue weighted by Gasteiger charge is -2.20. The van der Waals surface area contributed by atoms with Crippen LogP contribution in [0.15, 0.2) is 73.3 Å². The molecule has 5 rings (SSSR count). The Hall–Kier alpha value is -4.38. The monoisotopic (exact) mass is 564 g/mol. The van der Waals surface area contributed by atoms with Crippen molar-refractivity contribution in [1.29, 1.82) is 0 Å². The van der Waals surface area contributed by atoms with E-state index in [-0.39, 0.29) is 11.6 Å². The number of hydrogen-bond donors (Lipinski definition) is 2. The summed E-state index contributed by atoms with van der Waals surface area (Å²) in [6.07, 6.45) is 3.68. The van der Waals surface area contributed by atoms with Gasteiger partial charge in [-0.15, -0.1) is 0 Å². The van der Waals surface area contributed by atoms with Crippen LogP contribution in [0, 0.1) is 6.92 Å². The molecule has 11 heteroatoms. The molecule has 8 nitrogen and oxygen atoms in total. The van der Waals surface area contributed by atoms with Crippen molar-refractivity contribution in [3.63, 3.8) is 0 Å². The molecule has 3 heterocycles. The van der Waals surface area contributed by atoms with Gasteiger partial charge in [-0.25, -0.2) is 0 Å². The van der Waals surface area contributed by atoms with Crippen molar-refractivity contribution in [2.75, 3.05) is 42.3 Å². The Bertz CT molecular complexity index is 1520. The van der Waals surface area contributed by atoms with Crippen molar-refractivity contribution in [2.45, 2.75) is 32.0 Å². The quantitative estimate of drug-likeness (QED) is 0.250. The maximum absolute atomic E-state index is 13.1. The van der Waals surface area contributed by atoms with Gasteiger partial charge < -0.3 is 20.3 Å². The predicted molar refractivity (Wildman–Crippen MR) is 152 cm³/mol. The number of ether oxygens (including phenoxy) is 1. The van der Waals surface area contributed by atoms with E-state index < -0.39 is 17.6 Å². The van der Waals surface area contributed by atoms with Crippen molar-refractivity contribution in [3.05, 3.63) is 95.6 Å². The fourth-order valence-electron chi connectivity index (χ4n) is 5.02. The molecule has 2 N–H and O–H groups in total. The van der Waals surface area contributed by atoms with Crippen molar-refractivity contribution in [1.82, 2.24) is 14.8 Å². The number of aryl methyl sites for hydroxylation is 1. The number of benzene rings is 2. The van der Waals surface area contributed by atoms with Gasteiger partial charge in [0.1, 0.15) is 0 Å². The van der Waals surface area contributed by atoms with Crippen LogP contribution in [0.25, 0.3) is 0 Å². The van der Waals surface area contributed by atoms with Crippen LogP contribution in [0.2, 0.25) is 0 Å². The summed E-state index contributed by atoms with van der Waals surface area (Å²) >= 11 is 0. The topological polar surface area (TPSA) is 84.3 Å². The molecule has 1 amide bonds. The lowest BCUT2D eigenvalue weighted by atomic mass is 9.92. The highest BCUT2D eigenvalue weighted by Crippen LogP contribution is 2.34. The van der Waals surface area contributed by atoms with E-state index in [1.165, 1.54) is 12.1 Å². The molecule has 0 radical (unpaired) electrons. The van der Waals surface area contributed by atoms with Gasteiger partial charge in [-0.05, 0) is 60.9 Å². The number of nitrogens with one attached hydrogen (secondary N) is 2. The highest BCUT2D eigenvalue weighted by Gasteiger charge is 2.31. The first-order chi connectivity index (χ1) is 19.7. The molecule has 0 aliphatic carbocycles. The number of nitrogens with zero attached hydrogens (tertiary/aromatic N) is 4. The standard InChI is InChI=1S/C30H31F3N6O2/c1-20-6-7-21(29(40)37-24-5-3-4-23(13-24)30(31,32)33)12-28(20)22-8-9-38(18-22)27-14-25(15-34-17-27)36-26-16-35-39(19-26)10-11-41-2/h3-7,12-17,19,22,36H,8-11,18H2,1-2H3,(H,37,40)/t22-/m1/s1. The number of carbonyl (C=O) groups excluding carboxylic acids is 1. The zero-order valence-electron chi connectivity index (χ0n) is 22.8. The lowest BCUT2D eigenvalue weighted by Crippen LogP contribution is -2.20. The van der Waals surface area contributed by atoms with Gasteiger partial charge in [0.15, 0.2) is 0 Å². The summed E-state index contributed by atoms with van der Waals surface area (Å²) in [6, 6.07) is 12.1. The second kappa shape index (κ2) is 12.0. The van der Waals surface area contributed by atoms with Crippen LogP contribution in [0.1, 0.15) is 39.4 Å². The van der Waals surface area contributed by atoms with Gasteiger partial charge in [-0.3, -0.25) is 14.5 Å². The molecule has 0 unspecified atom stereocenters. The normalized spacial score (nSPS) is 15.2. The van der Waals surface area contributed by atoms with Crippen LogP contribution in [-0.4, -0.2) is 47.5 Å². The number of methoxy groups -OCH3 is 1. The molecule has 1 aliphatic rings. The number of aromatic nitrogens is 3. The number of carbonyl (C=O) groups is 1. The van der Waals surface area contributed by atoms with Crippen molar-refractivity contribution in [2.24, 2.45) is 0 Å². The molecule has 1 fully saturated rings. The van der Waals surface area contributed by atoms with E-state index in [1.807, 2.05) is 42.2 Å². The number of hydrogen-bond acceptors (Lipinski definition) is 6. The van der Waals surface area contributed by atoms with Crippen LogP contribution < -0.4 is 15.5 Å². The minimum absolute atomic E-state index is 0.0994. The predicted octanol–water partition coefficient (Wildman–Crippen LogP) is 6.24. The number of anilines is 4. The van der Waals surface area contributed by atoms with E-state index in [0.717, 1.165) is 59.8 Å². The fourth-order valence-corrected chi connectivity index (χ4v) is 5.02. The highest BCUT2D eigenvalue weighted by molar-refractivity contribution is 6.04. The van der Waals surface area contributed by atoms with Gasteiger partial charge in [0, 0.05) is 43.6 Å². The Morgan fingerprint density at radius 1 is 1.07 bits per heavy atom. The summed E-state index contributed by atoms with van der Waals surface area (Å²) in [7, 11) is 1.65. The van der Waals surface area contributed by atoms with E-state index in [9.17, 15) is 18.0 Å². The molecule has 2 aromatic carbocycles. The Balaban J connectivity index is 1.25. The van der Waals surface area contributed by atoms with Crippen LogP contribution in [-0.2, 0) is 17.5 Å². The molecular weight excluding hydrogens is 533 g/mol. The van der Waals surface area contributed by atoms with Gasteiger partial charge in [-0.2, -0.15) is 18.3 Å². The Morgan fingerprint density at radius 3 is 2.73 bits per heavy atom. The molecule has 0 spiro atoms. The van der Waals surface area contributed by atoms with Gasteiger partial charge in [-0.1, -0.05) is 12.1 Å². The summed E-state index contributed by atoms with van der Waals surface area (Å²) in [5.41, 5.74) is 4.50. The number of amides is 1. The van der Waals surface area contributed by atoms with Crippen LogP contribution in [0.5, 0.6) is 0 Å². The zero-order valence-corrected chi connectivity index (χ0v) is 22.8. The smallest absolute Gasteiger partial charge is 0.383 e. The number of pyridine rings is 1. The maximum Gasteiger partial charge on any atom is 0.416 e. The highest BCUT2D eigenvalue weighted by atomic mass is 19.4. The molecule has 4 aromatic rings. The Labute approximate surface area is 236 Å². The molecule has 41 heavy (non-hydrogen) atoms. The first kappa shape index (κ1) is 28.2. The van der Waals surface area contributed by atoms with E-state index in [0.29, 0.717) is 18.7 Å². The summed E-state index contributed by atoms with van der Waals surface area (Å²) in [6.45, 7) is 4.83. The van der Waals surface area contributed by atoms with Gasteiger partial charge >= 0.3 is 6.18 Å². The largest absolute Gasteiger partial charge is 0.416 e. The molecule has 1 atom stereocenters. The molecule has 2 aromatic heterocycles. The summed E-state index contributed by atoms with van der Waals surface area (Å²) in [5, 5.41) is 10.3. The van der Waals surface area contributed by atoms with E-state index in [1.54, 1.807) is 25.6 Å². The average Bonchev–Trinajstić information content (AvgIpc) is 3.62. The number of alkyl halides is 3. The van der Waals surface area contributed by atoms with E-state index in [2.05, 4.69) is 25.6 Å². The number of rotatable bonds is 9. The Kier molecular flexibility index (Phi) is 8.25. The molecule has 0 saturated carbocycles. The third-order valence-electron chi connectivity index (χ3n) is 7.15. The third-order valence-corrected chi connectivity index (χ3v) is 7.15. The SMILES string of the molecule is COCCn1cc(Nc2cncc(N3CC[C@@H](c4cc(C(=O)Nc5cccc(C(F)(F)F)c5)ccc4C)C3)c2)cn1. The summed E-state index contributed by atoms with van der Waals surface area (Å²) in [4.78, 5) is 19.6. The van der Waals surface area contributed by atoms with Crippen LogP contribution >= 0.6 is 0 Å². The second-order valence-corrected chi connectivity index (χ2v) is 10.1. The zero-order chi connectivity index (χ0) is 29.0. The minimum atomic E-state index is -4.48. The lowest BCUT2D eigenvalue weighted by molar-refractivity contribution is -0.137. The van der Waals surface area contributed by atoms with Gasteiger partial charge in [0.2, 0.25) is 0 Å². The number of halogens is 3. The molecular formula is C30H31F3N6O2. The van der Waals surface area contributed by atoms with Crippen LogP contribution in [0.3, 0.4) is 0 Å². The van der Waals surface area contributed by atoms with E-state index >= 15 is 0 Å². The summed E-state index contributed by atoms with van der Waals surface area (Å²) in [5.74, 6) is -0.263. The molecule has 214 valence electrons. The molecule has 1 saturated heterocycles. The second-order valence-electron chi connectivity index (χ2n) is 10.1. The molecule has 0 bridgehead atoms. The first-order valence-electron chi connectivity index (χ1n) is 13.3. The molecule has 1 aliphatic heterocycles. The third kappa shape index (κ3) is 6.86. The van der Waals surface area contributed by atoms with Crippen LogP contribution in [0.4, 0.5) is 35.9 Å². The van der Waals surface area contributed by atoms with Crippen molar-refractivity contribution in [3.8, 4) is 0 Å². The Morgan fingerprint density at radius 2 is 1.93 bits per heavy atom. The average molecular weight is 565 g/mol. The minimum Gasteiger partial charge on any atom is -0.383 e. The van der Waals surface area contributed by atoms with E-state index in [4.69, 9.17) is 4.74 Å². The van der Waals surface area contributed by atoms with Crippen molar-refractivity contribution < 1.29 is 22.7 Å². The maximum atomic E-state index is 13.1.